The molecule has 0 saturated carbocycles. The van der Waals surface area contributed by atoms with Crippen LogP contribution in [0.4, 0.5) is 4.39 Å². The summed E-state index contributed by atoms with van der Waals surface area (Å²) in [6.45, 7) is 0.487. The van der Waals surface area contributed by atoms with Gasteiger partial charge in [-0.25, -0.2) is 4.39 Å². The Morgan fingerprint density at radius 2 is 2.05 bits per heavy atom. The minimum Gasteiger partial charge on any atom is -0.493 e. The van der Waals surface area contributed by atoms with Crippen LogP contribution >= 0.6 is 15.9 Å². The Morgan fingerprint density at radius 3 is 2.82 bits per heavy atom. The number of halogens is 2. The quantitative estimate of drug-likeness (QED) is 0.653. The Balaban J connectivity index is 2.02. The average Bonchev–Trinajstić information content (AvgIpc) is 2.67. The van der Waals surface area contributed by atoms with Gasteiger partial charge in [0.2, 0.25) is 0 Å². The summed E-state index contributed by atoms with van der Waals surface area (Å²) in [5.74, 6) is -0.416. The van der Waals surface area contributed by atoms with Crippen molar-refractivity contribution in [1.29, 1.82) is 0 Å². The van der Waals surface area contributed by atoms with Gasteiger partial charge in [0.25, 0.3) is 0 Å². The van der Waals surface area contributed by atoms with Gasteiger partial charge < -0.3 is 9.84 Å². The second kappa shape index (κ2) is 6.18. The lowest BCUT2D eigenvalue weighted by Gasteiger charge is -2.15. The Morgan fingerprint density at radius 1 is 1.27 bits per heavy atom. The molecule has 1 aliphatic rings. The van der Waals surface area contributed by atoms with Crippen LogP contribution in [0, 0.1) is 5.82 Å². The number of hydrogen-bond donors (Lipinski definition) is 1. The van der Waals surface area contributed by atoms with Crippen LogP contribution < -0.4 is 4.74 Å². The molecule has 2 atom stereocenters. The molecule has 0 amide bonds. The van der Waals surface area contributed by atoms with Crippen molar-refractivity contribution in [3.05, 3.63) is 65.0 Å². The minimum absolute atomic E-state index is 0.0156. The number of aliphatic hydroxyl groups excluding tert-OH is 1. The van der Waals surface area contributed by atoms with Crippen molar-refractivity contribution in [2.75, 3.05) is 6.61 Å². The van der Waals surface area contributed by atoms with E-state index in [2.05, 4.69) is 15.9 Å². The van der Waals surface area contributed by atoms with E-state index in [9.17, 15) is 14.3 Å². The van der Waals surface area contributed by atoms with Crippen LogP contribution in [0.3, 0.4) is 0 Å². The molecule has 0 spiro atoms. The van der Waals surface area contributed by atoms with Gasteiger partial charge in [0.15, 0.2) is 5.78 Å². The maximum absolute atomic E-state index is 13.8. The molecule has 1 aliphatic heterocycles. The summed E-state index contributed by atoms with van der Waals surface area (Å²) < 4.78 is 19.3. The summed E-state index contributed by atoms with van der Waals surface area (Å²) in [6.07, 6.45) is -0.113. The van der Waals surface area contributed by atoms with E-state index in [-0.39, 0.29) is 10.4 Å². The van der Waals surface area contributed by atoms with Gasteiger partial charge in [-0.3, -0.25) is 4.79 Å². The molecule has 2 aromatic rings. The van der Waals surface area contributed by atoms with E-state index in [1.54, 1.807) is 24.3 Å². The molecule has 0 bridgehead atoms. The second-order valence-corrected chi connectivity index (χ2v) is 6.34. The van der Waals surface area contributed by atoms with Crippen molar-refractivity contribution >= 4 is 21.7 Å². The molecular formula is C17H14BrFO3. The fraction of sp³-hybridized carbons (Fsp3) is 0.235. The molecule has 22 heavy (non-hydrogen) atoms. The molecule has 0 unspecified atom stereocenters. The molecule has 0 radical (unpaired) electrons. The standard InChI is InChI=1S/C17H14BrFO3/c18-13-7-8-22-15-6-5-10(9-12(15)17(13)21)16(20)11-3-1-2-4-14(11)19/h1-6,9,13,17,21H,7-8H2/t13-,17-/m0/s1. The zero-order valence-corrected chi connectivity index (χ0v) is 13.2. The molecule has 0 fully saturated rings. The minimum atomic E-state index is -0.772. The van der Waals surface area contributed by atoms with Crippen LogP contribution in [0.15, 0.2) is 42.5 Å². The molecule has 2 aromatic carbocycles. The highest BCUT2D eigenvalue weighted by Crippen LogP contribution is 2.35. The van der Waals surface area contributed by atoms with Crippen LogP contribution in [0.2, 0.25) is 0 Å². The van der Waals surface area contributed by atoms with Crippen molar-refractivity contribution in [3.63, 3.8) is 0 Å². The Labute approximate surface area is 135 Å². The second-order valence-electron chi connectivity index (χ2n) is 5.16. The number of ketones is 1. The first-order valence-corrected chi connectivity index (χ1v) is 7.87. The molecule has 3 nitrogen and oxygen atoms in total. The SMILES string of the molecule is O=C(c1ccc2c(c1)[C@H](O)[C@@H](Br)CCO2)c1ccccc1F. The van der Waals surface area contributed by atoms with Crippen molar-refractivity contribution in [1.82, 2.24) is 0 Å². The van der Waals surface area contributed by atoms with Gasteiger partial charge in [0.05, 0.1) is 18.3 Å². The fourth-order valence-corrected chi connectivity index (χ4v) is 2.96. The van der Waals surface area contributed by atoms with E-state index < -0.39 is 17.7 Å². The number of hydrogen-bond acceptors (Lipinski definition) is 3. The molecule has 5 heteroatoms. The molecule has 0 aromatic heterocycles. The molecule has 3 rings (SSSR count). The van der Waals surface area contributed by atoms with E-state index in [1.165, 1.54) is 18.2 Å². The molecule has 0 aliphatic carbocycles. The highest BCUT2D eigenvalue weighted by Gasteiger charge is 2.26. The van der Waals surface area contributed by atoms with Gasteiger partial charge in [0, 0.05) is 16.0 Å². The number of rotatable bonds is 2. The maximum Gasteiger partial charge on any atom is 0.195 e. The van der Waals surface area contributed by atoms with Gasteiger partial charge in [0.1, 0.15) is 11.6 Å². The third-order valence-corrected chi connectivity index (χ3v) is 4.66. The van der Waals surface area contributed by atoms with Crippen LogP contribution in [0.1, 0.15) is 34.0 Å². The van der Waals surface area contributed by atoms with Gasteiger partial charge in [-0.2, -0.15) is 0 Å². The summed E-state index contributed by atoms with van der Waals surface area (Å²) in [7, 11) is 0. The van der Waals surface area contributed by atoms with Gasteiger partial charge >= 0.3 is 0 Å². The number of ether oxygens (including phenoxy) is 1. The predicted octanol–water partition coefficient (Wildman–Crippen LogP) is 3.64. The third kappa shape index (κ3) is 2.78. The number of alkyl halides is 1. The summed E-state index contributed by atoms with van der Waals surface area (Å²) in [6, 6.07) is 10.7. The zero-order valence-electron chi connectivity index (χ0n) is 11.6. The summed E-state index contributed by atoms with van der Waals surface area (Å²) in [4.78, 5) is 12.3. The molecule has 1 N–H and O–H groups in total. The predicted molar refractivity (Wildman–Crippen MR) is 84.1 cm³/mol. The van der Waals surface area contributed by atoms with E-state index >= 15 is 0 Å². The van der Waals surface area contributed by atoms with Crippen molar-refractivity contribution in [2.45, 2.75) is 17.4 Å². The largest absolute Gasteiger partial charge is 0.493 e. The molecule has 1 heterocycles. The van der Waals surface area contributed by atoms with Crippen LogP contribution in [0.5, 0.6) is 5.75 Å². The number of carbonyl (C=O) groups is 1. The Hall–Kier alpha value is -1.72. The average molecular weight is 365 g/mol. The lowest BCUT2D eigenvalue weighted by atomic mass is 9.97. The van der Waals surface area contributed by atoms with E-state index in [0.717, 1.165) is 0 Å². The Bertz CT molecular complexity index is 717. The van der Waals surface area contributed by atoms with Crippen LogP contribution in [0.25, 0.3) is 0 Å². The zero-order chi connectivity index (χ0) is 15.7. The summed E-state index contributed by atoms with van der Waals surface area (Å²) in [5, 5.41) is 10.3. The fourth-order valence-electron chi connectivity index (χ4n) is 2.49. The number of aliphatic hydroxyl groups is 1. The lowest BCUT2D eigenvalue weighted by molar-refractivity contribution is 0.103. The third-order valence-electron chi connectivity index (χ3n) is 3.70. The van der Waals surface area contributed by atoms with E-state index in [1.807, 2.05) is 0 Å². The normalized spacial score (nSPS) is 20.7. The number of benzene rings is 2. The molecule has 114 valence electrons. The Kier molecular flexibility index (Phi) is 4.27. The van der Waals surface area contributed by atoms with Crippen LogP contribution in [-0.2, 0) is 0 Å². The number of carbonyl (C=O) groups excluding carboxylic acids is 1. The first-order chi connectivity index (χ1) is 10.6. The number of fused-ring (bicyclic) bond motifs is 1. The smallest absolute Gasteiger partial charge is 0.195 e. The maximum atomic E-state index is 13.8. The van der Waals surface area contributed by atoms with Crippen molar-refractivity contribution < 1.29 is 19.0 Å². The summed E-state index contributed by atoms with van der Waals surface area (Å²) in [5.41, 5.74) is 0.886. The first kappa shape index (κ1) is 15.2. The molecular weight excluding hydrogens is 351 g/mol. The monoisotopic (exact) mass is 364 g/mol. The van der Waals surface area contributed by atoms with E-state index in [4.69, 9.17) is 4.74 Å². The van der Waals surface area contributed by atoms with Crippen molar-refractivity contribution in [2.24, 2.45) is 0 Å². The van der Waals surface area contributed by atoms with Crippen molar-refractivity contribution in [3.8, 4) is 5.75 Å². The summed E-state index contributed by atoms with van der Waals surface area (Å²) >= 11 is 3.42. The van der Waals surface area contributed by atoms with Gasteiger partial charge in [-0.05, 0) is 36.8 Å². The van der Waals surface area contributed by atoms with E-state index in [0.29, 0.717) is 29.9 Å². The first-order valence-electron chi connectivity index (χ1n) is 6.96. The topological polar surface area (TPSA) is 46.5 Å². The highest BCUT2D eigenvalue weighted by molar-refractivity contribution is 9.09. The van der Waals surface area contributed by atoms with Gasteiger partial charge in [-0.1, -0.05) is 28.1 Å². The highest BCUT2D eigenvalue weighted by atomic mass is 79.9. The molecule has 0 saturated heterocycles. The van der Waals surface area contributed by atoms with Gasteiger partial charge in [-0.15, -0.1) is 0 Å². The van der Waals surface area contributed by atoms with Crippen LogP contribution in [-0.4, -0.2) is 22.3 Å². The lowest BCUT2D eigenvalue weighted by Crippen LogP contribution is -2.12.